The number of imidazole rings is 1. The van der Waals surface area contributed by atoms with Crippen LogP contribution in [0.15, 0.2) is 46.2 Å². The van der Waals surface area contributed by atoms with Crippen LogP contribution < -0.4 is 16.6 Å². The van der Waals surface area contributed by atoms with Crippen LogP contribution in [0.4, 0.5) is 0 Å². The lowest BCUT2D eigenvalue weighted by atomic mass is 10.1. The van der Waals surface area contributed by atoms with E-state index >= 15 is 0 Å². The average Bonchev–Trinajstić information content (AvgIpc) is 3.26. The number of benzene rings is 1. The van der Waals surface area contributed by atoms with Crippen molar-refractivity contribution in [2.75, 3.05) is 26.9 Å². The number of carbonyl (C=O) groups excluding carboxylic acids is 2. The maximum absolute atomic E-state index is 13.3. The van der Waals surface area contributed by atoms with Crippen LogP contribution in [0.25, 0.3) is 11.2 Å². The molecule has 0 aliphatic heterocycles. The van der Waals surface area contributed by atoms with E-state index in [1.807, 2.05) is 44.2 Å². The van der Waals surface area contributed by atoms with Gasteiger partial charge >= 0.3 is 11.7 Å². The van der Waals surface area contributed by atoms with Crippen molar-refractivity contribution >= 4 is 23.0 Å². The molecule has 3 aromatic rings. The number of ether oxygens (including phenoxy) is 2. The minimum atomic E-state index is -0.864. The van der Waals surface area contributed by atoms with Gasteiger partial charge in [0.25, 0.3) is 11.5 Å². The number of nitrogens with zero attached hydrogens (tertiary/aromatic N) is 4. The van der Waals surface area contributed by atoms with E-state index in [1.54, 1.807) is 4.57 Å². The maximum atomic E-state index is 13.3. The molecule has 0 spiro atoms. The van der Waals surface area contributed by atoms with Crippen LogP contribution in [-0.4, -0.2) is 57.4 Å². The fraction of sp³-hybridized carbons (Fsp3) is 0.458. The van der Waals surface area contributed by atoms with Crippen molar-refractivity contribution in [3.63, 3.8) is 0 Å². The number of amides is 1. The normalized spacial score (nSPS) is 11.2. The van der Waals surface area contributed by atoms with Crippen LogP contribution >= 0.6 is 0 Å². The number of hydrogen-bond acceptors (Lipinski definition) is 7. The van der Waals surface area contributed by atoms with Gasteiger partial charge in [-0.3, -0.25) is 19.0 Å². The minimum absolute atomic E-state index is 0.158. The molecule has 11 heteroatoms. The molecule has 188 valence electrons. The molecule has 0 radical (unpaired) electrons. The maximum Gasteiger partial charge on any atom is 0.333 e. The molecule has 0 saturated heterocycles. The summed E-state index contributed by atoms with van der Waals surface area (Å²) in [6.07, 6.45) is 2.27. The van der Waals surface area contributed by atoms with E-state index in [9.17, 15) is 19.2 Å². The van der Waals surface area contributed by atoms with Gasteiger partial charge in [0, 0.05) is 20.2 Å². The lowest BCUT2D eigenvalue weighted by molar-refractivity contribution is -0.149. The van der Waals surface area contributed by atoms with Crippen LogP contribution in [0.3, 0.4) is 0 Å². The van der Waals surface area contributed by atoms with Gasteiger partial charge in [0.2, 0.25) is 0 Å². The molecule has 0 saturated carbocycles. The minimum Gasteiger partial charge on any atom is -0.454 e. The Labute approximate surface area is 202 Å². The van der Waals surface area contributed by atoms with Crippen LogP contribution in [0.1, 0.15) is 25.8 Å². The SMILES string of the molecule is COCCn1cnc2c1c(=O)n(CC(=O)OCC(=O)NCCC(C)C)c(=O)n2Cc1ccccc1. The summed E-state index contributed by atoms with van der Waals surface area (Å²) in [4.78, 5) is 55.2. The van der Waals surface area contributed by atoms with E-state index in [-0.39, 0.29) is 17.7 Å². The molecule has 2 heterocycles. The zero-order valence-corrected chi connectivity index (χ0v) is 20.2. The number of rotatable bonds is 12. The monoisotopic (exact) mass is 485 g/mol. The molecule has 35 heavy (non-hydrogen) atoms. The Balaban J connectivity index is 1.88. The van der Waals surface area contributed by atoms with Crippen molar-refractivity contribution in [3.8, 4) is 0 Å². The van der Waals surface area contributed by atoms with E-state index < -0.39 is 36.3 Å². The summed E-state index contributed by atoms with van der Waals surface area (Å²) in [6.45, 7) is 4.25. The van der Waals surface area contributed by atoms with Crippen molar-refractivity contribution in [2.45, 2.75) is 39.9 Å². The summed E-state index contributed by atoms with van der Waals surface area (Å²) in [5, 5.41) is 2.67. The summed E-state index contributed by atoms with van der Waals surface area (Å²) in [5.74, 6) is -0.882. The molecule has 0 aliphatic carbocycles. The van der Waals surface area contributed by atoms with Crippen LogP contribution in [-0.2, 0) is 38.7 Å². The number of esters is 1. The number of carbonyl (C=O) groups is 2. The Hall–Kier alpha value is -3.73. The summed E-state index contributed by atoms with van der Waals surface area (Å²) in [5.41, 5.74) is -0.137. The van der Waals surface area contributed by atoms with Crippen molar-refractivity contribution in [3.05, 3.63) is 63.1 Å². The number of fused-ring (bicyclic) bond motifs is 1. The van der Waals surface area contributed by atoms with E-state index in [2.05, 4.69) is 10.3 Å². The Morgan fingerprint density at radius 3 is 2.54 bits per heavy atom. The first kappa shape index (κ1) is 25.9. The zero-order chi connectivity index (χ0) is 25.4. The Morgan fingerprint density at radius 2 is 1.86 bits per heavy atom. The van der Waals surface area contributed by atoms with Gasteiger partial charge in [-0.15, -0.1) is 0 Å². The molecule has 0 bridgehead atoms. The lowest BCUT2D eigenvalue weighted by Crippen LogP contribution is -2.43. The van der Waals surface area contributed by atoms with Crippen molar-refractivity contribution in [2.24, 2.45) is 5.92 Å². The van der Waals surface area contributed by atoms with Gasteiger partial charge in [-0.05, 0) is 17.9 Å². The Bertz CT molecular complexity index is 1280. The smallest absolute Gasteiger partial charge is 0.333 e. The highest BCUT2D eigenvalue weighted by Gasteiger charge is 2.20. The van der Waals surface area contributed by atoms with Gasteiger partial charge in [-0.2, -0.15) is 0 Å². The second-order valence-corrected chi connectivity index (χ2v) is 8.54. The molecule has 2 aromatic heterocycles. The van der Waals surface area contributed by atoms with Gasteiger partial charge in [-0.1, -0.05) is 44.2 Å². The second kappa shape index (κ2) is 12.1. The zero-order valence-electron chi connectivity index (χ0n) is 20.2. The third-order valence-corrected chi connectivity index (χ3v) is 5.40. The third kappa shape index (κ3) is 6.66. The lowest BCUT2D eigenvalue weighted by Gasteiger charge is -2.13. The number of nitrogens with one attached hydrogen (secondary N) is 1. The molecular weight excluding hydrogens is 454 g/mol. The predicted molar refractivity (Wildman–Crippen MR) is 129 cm³/mol. The van der Waals surface area contributed by atoms with Gasteiger partial charge in [0.05, 0.1) is 19.5 Å². The number of methoxy groups -OCH3 is 1. The van der Waals surface area contributed by atoms with Crippen LogP contribution in [0, 0.1) is 5.92 Å². The number of aromatic nitrogens is 4. The highest BCUT2D eigenvalue weighted by Crippen LogP contribution is 2.10. The van der Waals surface area contributed by atoms with E-state index in [0.717, 1.165) is 16.6 Å². The molecule has 11 nitrogen and oxygen atoms in total. The van der Waals surface area contributed by atoms with Gasteiger partial charge in [0.15, 0.2) is 17.8 Å². The molecular formula is C24H31N5O6. The molecule has 1 N–H and O–H groups in total. The average molecular weight is 486 g/mol. The summed E-state index contributed by atoms with van der Waals surface area (Å²) < 4.78 is 13.9. The van der Waals surface area contributed by atoms with Crippen LogP contribution in [0.5, 0.6) is 0 Å². The first-order chi connectivity index (χ1) is 16.8. The summed E-state index contributed by atoms with van der Waals surface area (Å²) in [7, 11) is 1.54. The molecule has 0 unspecified atom stereocenters. The van der Waals surface area contributed by atoms with Crippen molar-refractivity contribution in [1.29, 1.82) is 0 Å². The molecule has 0 aliphatic rings. The Morgan fingerprint density at radius 1 is 1.11 bits per heavy atom. The molecule has 1 amide bonds. The number of hydrogen-bond donors (Lipinski definition) is 1. The van der Waals surface area contributed by atoms with Gasteiger partial charge < -0.3 is 19.4 Å². The van der Waals surface area contributed by atoms with Gasteiger partial charge in [-0.25, -0.2) is 14.3 Å². The second-order valence-electron chi connectivity index (χ2n) is 8.54. The topological polar surface area (TPSA) is 126 Å². The highest BCUT2D eigenvalue weighted by atomic mass is 16.5. The predicted octanol–water partition coefficient (Wildman–Crippen LogP) is 0.760. The first-order valence-corrected chi connectivity index (χ1v) is 11.5. The van der Waals surface area contributed by atoms with Crippen molar-refractivity contribution < 1.29 is 19.1 Å². The largest absolute Gasteiger partial charge is 0.454 e. The molecule has 0 atom stereocenters. The highest BCUT2D eigenvalue weighted by molar-refractivity contribution is 5.80. The quantitative estimate of drug-likeness (QED) is 0.375. The van der Waals surface area contributed by atoms with Crippen molar-refractivity contribution in [1.82, 2.24) is 24.0 Å². The van der Waals surface area contributed by atoms with Crippen LogP contribution in [0.2, 0.25) is 0 Å². The van der Waals surface area contributed by atoms with E-state index in [4.69, 9.17) is 9.47 Å². The molecule has 3 rings (SSSR count). The van der Waals surface area contributed by atoms with E-state index in [1.165, 1.54) is 18.0 Å². The van der Waals surface area contributed by atoms with E-state index in [0.29, 0.717) is 25.6 Å². The summed E-state index contributed by atoms with van der Waals surface area (Å²) >= 11 is 0. The van der Waals surface area contributed by atoms with Gasteiger partial charge in [0.1, 0.15) is 6.54 Å². The fourth-order valence-electron chi connectivity index (χ4n) is 3.52. The summed E-state index contributed by atoms with van der Waals surface area (Å²) in [6, 6.07) is 9.24. The molecule has 0 fully saturated rings. The fourth-order valence-corrected chi connectivity index (χ4v) is 3.52. The standard InChI is InChI=1S/C24H31N5O6/c1-17(2)9-10-25-19(30)15-35-20(31)14-29-23(32)21-22(26-16-27(21)11-12-34-3)28(24(29)33)13-18-7-5-4-6-8-18/h4-8,16-17H,9-15H2,1-3H3,(H,25,30). The Kier molecular flexibility index (Phi) is 8.96. The molecule has 1 aromatic carbocycles. The third-order valence-electron chi connectivity index (χ3n) is 5.40. The first-order valence-electron chi connectivity index (χ1n) is 11.5.